The van der Waals surface area contributed by atoms with Crippen LogP contribution in [0.15, 0.2) is 17.0 Å². The van der Waals surface area contributed by atoms with Crippen molar-refractivity contribution in [3.05, 3.63) is 28.5 Å². The fourth-order valence-corrected chi connectivity index (χ4v) is 2.31. The molecule has 0 atom stereocenters. The normalized spacial score (nSPS) is 11.4. The molecule has 19 heavy (non-hydrogen) atoms. The fourth-order valence-electron chi connectivity index (χ4n) is 1.34. The standard InChI is InChI=1S/C11H12Cl2FNO3S/c1-2-3-4-15-11(16)8-5-7(19(13,17)18)6-9(14)10(8)12/h5-6H,2-4H2,1H3,(H,15,16). The molecule has 0 heterocycles. The molecule has 1 aromatic carbocycles. The zero-order valence-electron chi connectivity index (χ0n) is 10.0. The molecule has 1 rings (SSSR count). The number of carbonyl (C=O) groups is 1. The van der Waals surface area contributed by atoms with E-state index in [4.69, 9.17) is 22.3 Å². The van der Waals surface area contributed by atoms with E-state index in [9.17, 15) is 17.6 Å². The number of benzene rings is 1. The molecule has 1 amide bonds. The highest BCUT2D eigenvalue weighted by Gasteiger charge is 2.20. The number of halogens is 3. The van der Waals surface area contributed by atoms with Gasteiger partial charge in [-0.05, 0) is 18.6 Å². The van der Waals surface area contributed by atoms with Crippen LogP contribution in [0.4, 0.5) is 4.39 Å². The molecule has 106 valence electrons. The van der Waals surface area contributed by atoms with Crippen molar-refractivity contribution in [3.8, 4) is 0 Å². The Balaban J connectivity index is 3.13. The zero-order valence-corrected chi connectivity index (χ0v) is 12.4. The highest BCUT2D eigenvalue weighted by molar-refractivity contribution is 8.13. The SMILES string of the molecule is CCCCNC(=O)c1cc(S(=O)(=O)Cl)cc(F)c1Cl. The van der Waals surface area contributed by atoms with Gasteiger partial charge in [0.15, 0.2) is 0 Å². The monoisotopic (exact) mass is 327 g/mol. The number of hydrogen-bond acceptors (Lipinski definition) is 3. The summed E-state index contributed by atoms with van der Waals surface area (Å²) < 4.78 is 35.8. The van der Waals surface area contributed by atoms with Crippen molar-refractivity contribution in [1.29, 1.82) is 0 Å². The lowest BCUT2D eigenvalue weighted by Crippen LogP contribution is -2.25. The molecule has 1 N–H and O–H groups in total. The van der Waals surface area contributed by atoms with Crippen LogP contribution >= 0.6 is 22.3 Å². The van der Waals surface area contributed by atoms with Gasteiger partial charge in [-0.15, -0.1) is 0 Å². The minimum absolute atomic E-state index is 0.253. The van der Waals surface area contributed by atoms with E-state index < -0.39 is 30.7 Å². The van der Waals surface area contributed by atoms with E-state index in [0.29, 0.717) is 12.6 Å². The van der Waals surface area contributed by atoms with Gasteiger partial charge in [0.25, 0.3) is 15.0 Å². The molecule has 1 aromatic rings. The molecule has 0 aromatic heterocycles. The highest BCUT2D eigenvalue weighted by atomic mass is 35.7. The highest BCUT2D eigenvalue weighted by Crippen LogP contribution is 2.26. The Morgan fingerprint density at radius 3 is 2.58 bits per heavy atom. The molecule has 0 spiro atoms. The van der Waals surface area contributed by atoms with Crippen molar-refractivity contribution >= 4 is 37.2 Å². The number of nitrogens with one attached hydrogen (secondary N) is 1. The molecule has 0 saturated heterocycles. The zero-order chi connectivity index (χ0) is 14.6. The van der Waals surface area contributed by atoms with Gasteiger partial charge in [-0.1, -0.05) is 24.9 Å². The third kappa shape index (κ3) is 4.33. The Morgan fingerprint density at radius 2 is 2.05 bits per heavy atom. The number of unbranched alkanes of at least 4 members (excludes halogenated alkanes) is 1. The average Bonchev–Trinajstić information content (AvgIpc) is 2.31. The van der Waals surface area contributed by atoms with Gasteiger partial charge in [0, 0.05) is 17.2 Å². The summed E-state index contributed by atoms with van der Waals surface area (Å²) in [6.07, 6.45) is 1.62. The summed E-state index contributed by atoms with van der Waals surface area (Å²) in [7, 11) is 0.987. The summed E-state index contributed by atoms with van der Waals surface area (Å²) in [5, 5.41) is 2.09. The van der Waals surface area contributed by atoms with E-state index >= 15 is 0 Å². The van der Waals surface area contributed by atoms with Crippen LogP contribution < -0.4 is 5.32 Å². The van der Waals surface area contributed by atoms with E-state index in [1.165, 1.54) is 0 Å². The predicted molar refractivity (Wildman–Crippen MR) is 71.7 cm³/mol. The van der Waals surface area contributed by atoms with E-state index in [-0.39, 0.29) is 5.56 Å². The van der Waals surface area contributed by atoms with Gasteiger partial charge in [0.2, 0.25) is 0 Å². The molecule has 0 aliphatic heterocycles. The molecule has 0 aliphatic carbocycles. The Morgan fingerprint density at radius 1 is 1.42 bits per heavy atom. The summed E-state index contributed by atoms with van der Waals surface area (Å²) in [5.41, 5.74) is -0.253. The summed E-state index contributed by atoms with van der Waals surface area (Å²) in [5.74, 6) is -1.65. The van der Waals surface area contributed by atoms with E-state index in [1.54, 1.807) is 0 Å². The lowest BCUT2D eigenvalue weighted by atomic mass is 10.2. The second-order valence-electron chi connectivity index (χ2n) is 3.81. The van der Waals surface area contributed by atoms with Crippen molar-refractivity contribution in [3.63, 3.8) is 0 Å². The minimum Gasteiger partial charge on any atom is -0.352 e. The van der Waals surface area contributed by atoms with Crippen molar-refractivity contribution in [2.45, 2.75) is 24.7 Å². The molecule has 8 heteroatoms. The Bertz CT molecular complexity index is 590. The van der Waals surface area contributed by atoms with Crippen molar-refractivity contribution < 1.29 is 17.6 Å². The van der Waals surface area contributed by atoms with Crippen LogP contribution in [-0.2, 0) is 9.05 Å². The van der Waals surface area contributed by atoms with Gasteiger partial charge in [-0.25, -0.2) is 12.8 Å². The maximum absolute atomic E-state index is 13.5. The summed E-state index contributed by atoms with van der Waals surface area (Å²) in [4.78, 5) is 11.3. The van der Waals surface area contributed by atoms with Crippen LogP contribution in [-0.4, -0.2) is 20.9 Å². The average molecular weight is 328 g/mol. The smallest absolute Gasteiger partial charge is 0.261 e. The molecule has 0 unspecified atom stereocenters. The van der Waals surface area contributed by atoms with Crippen molar-refractivity contribution in [2.24, 2.45) is 0 Å². The van der Waals surface area contributed by atoms with Gasteiger partial charge in [0.05, 0.1) is 15.5 Å². The predicted octanol–water partition coefficient (Wildman–Crippen LogP) is 2.94. The van der Waals surface area contributed by atoms with Crippen molar-refractivity contribution in [1.82, 2.24) is 5.32 Å². The summed E-state index contributed by atoms with van der Waals surface area (Å²) >= 11 is 5.65. The molecule has 0 fully saturated rings. The maximum Gasteiger partial charge on any atom is 0.261 e. The molecular formula is C11H12Cl2FNO3S. The van der Waals surface area contributed by atoms with Gasteiger partial charge in [0.1, 0.15) is 5.82 Å². The fraction of sp³-hybridized carbons (Fsp3) is 0.364. The molecule has 0 saturated carbocycles. The Kier molecular flexibility index (Phi) is 5.58. The number of carbonyl (C=O) groups excluding carboxylic acids is 1. The third-order valence-electron chi connectivity index (χ3n) is 2.34. The molecule has 0 radical (unpaired) electrons. The van der Waals surface area contributed by atoms with E-state index in [0.717, 1.165) is 18.9 Å². The van der Waals surface area contributed by atoms with Gasteiger partial charge < -0.3 is 5.32 Å². The summed E-state index contributed by atoms with van der Waals surface area (Å²) in [6, 6.07) is 1.63. The van der Waals surface area contributed by atoms with E-state index in [1.807, 2.05) is 6.92 Å². The lowest BCUT2D eigenvalue weighted by molar-refractivity contribution is 0.0952. The molecule has 4 nitrogen and oxygen atoms in total. The maximum atomic E-state index is 13.5. The molecule has 0 bridgehead atoms. The topological polar surface area (TPSA) is 63.2 Å². The summed E-state index contributed by atoms with van der Waals surface area (Å²) in [6.45, 7) is 2.34. The quantitative estimate of drug-likeness (QED) is 0.668. The van der Waals surface area contributed by atoms with Gasteiger partial charge >= 0.3 is 0 Å². The second-order valence-corrected chi connectivity index (χ2v) is 6.76. The Hall–Kier alpha value is -0.850. The largest absolute Gasteiger partial charge is 0.352 e. The third-order valence-corrected chi connectivity index (χ3v) is 4.06. The second kappa shape index (κ2) is 6.54. The van der Waals surface area contributed by atoms with Crippen LogP contribution in [0.2, 0.25) is 5.02 Å². The molecule has 0 aliphatic rings. The first-order valence-electron chi connectivity index (χ1n) is 5.49. The van der Waals surface area contributed by atoms with Crippen LogP contribution in [0.25, 0.3) is 0 Å². The number of amides is 1. The van der Waals surface area contributed by atoms with Crippen LogP contribution in [0.3, 0.4) is 0 Å². The van der Waals surface area contributed by atoms with Crippen LogP contribution in [0.5, 0.6) is 0 Å². The van der Waals surface area contributed by atoms with Crippen LogP contribution in [0, 0.1) is 5.82 Å². The Labute approximate surface area is 120 Å². The van der Waals surface area contributed by atoms with Gasteiger partial charge in [-0.2, -0.15) is 0 Å². The van der Waals surface area contributed by atoms with Crippen molar-refractivity contribution in [2.75, 3.05) is 6.54 Å². The first kappa shape index (κ1) is 16.2. The number of rotatable bonds is 5. The number of hydrogen-bond donors (Lipinski definition) is 1. The minimum atomic E-state index is -4.13. The lowest BCUT2D eigenvalue weighted by Gasteiger charge is -2.08. The van der Waals surface area contributed by atoms with Gasteiger partial charge in [-0.3, -0.25) is 4.79 Å². The first-order valence-corrected chi connectivity index (χ1v) is 8.18. The molecular weight excluding hydrogens is 316 g/mol. The van der Waals surface area contributed by atoms with E-state index in [2.05, 4.69) is 5.32 Å². The first-order chi connectivity index (χ1) is 8.77. The van der Waals surface area contributed by atoms with Crippen LogP contribution in [0.1, 0.15) is 30.1 Å².